The fraction of sp³-hybridized carbons (Fsp3) is 0.524. The van der Waals surface area contributed by atoms with Crippen LogP contribution in [0.15, 0.2) is 39.8 Å². The van der Waals surface area contributed by atoms with Crippen LogP contribution >= 0.6 is 24.0 Å². The molecule has 0 saturated heterocycles. The summed E-state index contributed by atoms with van der Waals surface area (Å²) in [5.41, 5.74) is 2.10. The number of rotatable bonds is 9. The Morgan fingerprint density at radius 3 is 2.43 bits per heavy atom. The maximum absolute atomic E-state index is 5.72. The van der Waals surface area contributed by atoms with Crippen LogP contribution in [-0.4, -0.2) is 24.3 Å². The van der Waals surface area contributed by atoms with Crippen LogP contribution in [0.25, 0.3) is 0 Å². The summed E-state index contributed by atoms with van der Waals surface area (Å²) in [4.78, 5) is 4.64. The van der Waals surface area contributed by atoms with Crippen LogP contribution in [0, 0.1) is 5.92 Å². The van der Waals surface area contributed by atoms with Crippen molar-refractivity contribution in [1.82, 2.24) is 15.8 Å². The summed E-state index contributed by atoms with van der Waals surface area (Å²) in [7, 11) is 0. The van der Waals surface area contributed by atoms with Crippen LogP contribution in [0.3, 0.4) is 0 Å². The van der Waals surface area contributed by atoms with E-state index in [1.165, 1.54) is 0 Å². The Bertz CT molecular complexity index is 711. The van der Waals surface area contributed by atoms with E-state index in [4.69, 9.17) is 9.26 Å². The molecule has 0 aliphatic carbocycles. The van der Waals surface area contributed by atoms with E-state index in [9.17, 15) is 0 Å². The van der Waals surface area contributed by atoms with E-state index in [0.717, 1.165) is 41.9 Å². The third-order valence-electron chi connectivity index (χ3n) is 3.87. The normalized spacial score (nSPS) is 11.5. The SMILES string of the molecule is CCNC(=NCc1ccc(OCC(C)C)cc1)NCc1cc(C(C)C)no1.I. The lowest BCUT2D eigenvalue weighted by molar-refractivity contribution is 0.271. The molecule has 0 aliphatic rings. The summed E-state index contributed by atoms with van der Waals surface area (Å²) in [5.74, 6) is 3.32. The predicted molar refractivity (Wildman–Crippen MR) is 124 cm³/mol. The molecule has 1 aromatic heterocycles. The maximum Gasteiger partial charge on any atom is 0.191 e. The number of aliphatic imine (C=N–C) groups is 1. The zero-order valence-electron chi connectivity index (χ0n) is 17.5. The Morgan fingerprint density at radius 2 is 1.86 bits per heavy atom. The van der Waals surface area contributed by atoms with Gasteiger partial charge in [-0.25, -0.2) is 4.99 Å². The zero-order chi connectivity index (χ0) is 19.6. The average molecular weight is 500 g/mol. The molecule has 2 aromatic rings. The van der Waals surface area contributed by atoms with Gasteiger partial charge >= 0.3 is 0 Å². The van der Waals surface area contributed by atoms with E-state index in [0.29, 0.717) is 24.9 Å². The topological polar surface area (TPSA) is 71.7 Å². The molecule has 1 heterocycles. The fourth-order valence-electron chi connectivity index (χ4n) is 2.32. The second-order valence-electron chi connectivity index (χ2n) is 7.27. The minimum absolute atomic E-state index is 0. The highest BCUT2D eigenvalue weighted by Crippen LogP contribution is 2.15. The molecule has 156 valence electrons. The van der Waals surface area contributed by atoms with Crippen LogP contribution in [0.5, 0.6) is 5.75 Å². The Balaban J connectivity index is 0.00000392. The van der Waals surface area contributed by atoms with Crippen molar-refractivity contribution >= 4 is 29.9 Å². The number of benzene rings is 1. The standard InChI is InChI=1S/C21H32N4O2.HI/c1-6-22-21(24-13-19-11-20(16(4)5)25-27-19)23-12-17-7-9-18(10-8-17)26-14-15(2)3;/h7-11,15-16H,6,12-14H2,1-5H3,(H2,22,23,24);1H. The van der Waals surface area contributed by atoms with Gasteiger partial charge in [0.1, 0.15) is 5.75 Å². The monoisotopic (exact) mass is 500 g/mol. The van der Waals surface area contributed by atoms with Crippen molar-refractivity contribution < 1.29 is 9.26 Å². The predicted octanol–water partition coefficient (Wildman–Crippen LogP) is 4.71. The van der Waals surface area contributed by atoms with Gasteiger partial charge in [0.15, 0.2) is 11.7 Å². The second kappa shape index (κ2) is 12.6. The van der Waals surface area contributed by atoms with Crippen molar-refractivity contribution in [2.45, 2.75) is 53.6 Å². The molecule has 1 aromatic carbocycles. The molecule has 0 radical (unpaired) electrons. The highest BCUT2D eigenvalue weighted by atomic mass is 127. The lowest BCUT2D eigenvalue weighted by atomic mass is 10.1. The number of ether oxygens (including phenoxy) is 1. The molecule has 7 heteroatoms. The Morgan fingerprint density at radius 1 is 1.14 bits per heavy atom. The molecule has 0 saturated carbocycles. The van der Waals surface area contributed by atoms with E-state index < -0.39 is 0 Å². The Labute approximate surface area is 185 Å². The lowest BCUT2D eigenvalue weighted by Crippen LogP contribution is -2.36. The van der Waals surface area contributed by atoms with Crippen molar-refractivity contribution in [2.24, 2.45) is 10.9 Å². The molecule has 6 nitrogen and oxygen atoms in total. The van der Waals surface area contributed by atoms with Gasteiger partial charge in [0.05, 0.1) is 25.4 Å². The van der Waals surface area contributed by atoms with E-state index >= 15 is 0 Å². The van der Waals surface area contributed by atoms with Crippen LogP contribution in [0.1, 0.15) is 57.6 Å². The first-order valence-corrected chi connectivity index (χ1v) is 9.67. The maximum atomic E-state index is 5.72. The van der Waals surface area contributed by atoms with E-state index in [1.54, 1.807) is 0 Å². The molecule has 0 atom stereocenters. The molecule has 0 amide bonds. The largest absolute Gasteiger partial charge is 0.493 e. The zero-order valence-corrected chi connectivity index (χ0v) is 19.8. The molecular formula is C21H33IN4O2. The first-order valence-electron chi connectivity index (χ1n) is 9.67. The van der Waals surface area contributed by atoms with Crippen molar-refractivity contribution in [3.8, 4) is 5.75 Å². The van der Waals surface area contributed by atoms with Gasteiger partial charge in [0, 0.05) is 12.6 Å². The minimum Gasteiger partial charge on any atom is -0.493 e. The van der Waals surface area contributed by atoms with E-state index in [2.05, 4.69) is 48.5 Å². The first kappa shape index (κ1) is 24.3. The highest BCUT2D eigenvalue weighted by molar-refractivity contribution is 14.0. The van der Waals surface area contributed by atoms with Gasteiger partial charge in [-0.15, -0.1) is 24.0 Å². The van der Waals surface area contributed by atoms with E-state index in [1.807, 2.05) is 37.3 Å². The quantitative estimate of drug-likeness (QED) is 0.297. The Hall–Kier alpha value is -1.77. The summed E-state index contributed by atoms with van der Waals surface area (Å²) in [6.07, 6.45) is 0. The third-order valence-corrected chi connectivity index (χ3v) is 3.87. The molecular weight excluding hydrogens is 467 g/mol. The van der Waals surface area contributed by atoms with Crippen LogP contribution in [0.4, 0.5) is 0 Å². The molecule has 0 spiro atoms. The Kier molecular flexibility index (Phi) is 11.0. The number of aromatic nitrogens is 1. The fourth-order valence-corrected chi connectivity index (χ4v) is 2.32. The van der Waals surface area contributed by atoms with Gasteiger partial charge < -0.3 is 19.9 Å². The lowest BCUT2D eigenvalue weighted by Gasteiger charge is -2.11. The van der Waals surface area contributed by atoms with Crippen molar-refractivity contribution in [3.63, 3.8) is 0 Å². The molecule has 0 bridgehead atoms. The number of guanidine groups is 1. The van der Waals surface area contributed by atoms with Crippen LogP contribution < -0.4 is 15.4 Å². The summed E-state index contributed by atoms with van der Waals surface area (Å²) >= 11 is 0. The van der Waals surface area contributed by atoms with Crippen LogP contribution in [-0.2, 0) is 13.1 Å². The van der Waals surface area contributed by atoms with Gasteiger partial charge in [0.2, 0.25) is 0 Å². The van der Waals surface area contributed by atoms with Gasteiger partial charge in [0.25, 0.3) is 0 Å². The van der Waals surface area contributed by atoms with Gasteiger partial charge in [-0.3, -0.25) is 0 Å². The molecule has 0 aliphatic heterocycles. The van der Waals surface area contributed by atoms with Crippen molar-refractivity contribution in [2.75, 3.05) is 13.2 Å². The van der Waals surface area contributed by atoms with Gasteiger partial charge in [-0.05, 0) is 36.5 Å². The summed E-state index contributed by atoms with van der Waals surface area (Å²) in [5, 5.41) is 10.6. The van der Waals surface area contributed by atoms with Crippen molar-refractivity contribution in [1.29, 1.82) is 0 Å². The summed E-state index contributed by atoms with van der Waals surface area (Å²) in [6, 6.07) is 10.1. The van der Waals surface area contributed by atoms with Gasteiger partial charge in [-0.1, -0.05) is 45.0 Å². The molecule has 28 heavy (non-hydrogen) atoms. The molecule has 2 N–H and O–H groups in total. The van der Waals surface area contributed by atoms with E-state index in [-0.39, 0.29) is 24.0 Å². The molecule has 0 fully saturated rings. The third kappa shape index (κ3) is 8.50. The first-order chi connectivity index (χ1) is 13.0. The number of hydrogen-bond donors (Lipinski definition) is 2. The van der Waals surface area contributed by atoms with Gasteiger partial charge in [-0.2, -0.15) is 0 Å². The smallest absolute Gasteiger partial charge is 0.191 e. The number of nitrogens with zero attached hydrogens (tertiary/aromatic N) is 2. The highest BCUT2D eigenvalue weighted by Gasteiger charge is 2.08. The summed E-state index contributed by atoms with van der Waals surface area (Å²) in [6.45, 7) is 13.2. The average Bonchev–Trinajstić information content (AvgIpc) is 3.12. The molecule has 2 rings (SSSR count). The van der Waals surface area contributed by atoms with Crippen molar-refractivity contribution in [3.05, 3.63) is 47.3 Å². The number of hydrogen-bond acceptors (Lipinski definition) is 4. The minimum atomic E-state index is 0. The number of nitrogens with one attached hydrogen (secondary N) is 2. The second-order valence-corrected chi connectivity index (χ2v) is 7.27. The molecule has 0 unspecified atom stereocenters. The van der Waals surface area contributed by atoms with Crippen LogP contribution in [0.2, 0.25) is 0 Å². The summed E-state index contributed by atoms with van der Waals surface area (Å²) < 4.78 is 11.1. The number of halogens is 1.